The van der Waals surface area contributed by atoms with Crippen molar-refractivity contribution in [2.24, 2.45) is 0 Å². The van der Waals surface area contributed by atoms with E-state index in [1.165, 1.54) is 0 Å². The maximum Gasteiger partial charge on any atom is 0.321 e. The number of hydrogen-bond donors (Lipinski definition) is 2. The van der Waals surface area contributed by atoms with E-state index in [0.717, 1.165) is 50.1 Å². The highest BCUT2D eigenvalue weighted by Gasteiger charge is 2.25. The number of nitrogens with zero attached hydrogens (tertiary/aromatic N) is 2. The molecule has 1 aliphatic heterocycles. The molecule has 0 unspecified atom stereocenters. The maximum atomic E-state index is 12.3. The average molecular weight is 305 g/mol. The average Bonchev–Trinajstić information content (AvgIpc) is 2.55. The number of urea groups is 1. The van der Waals surface area contributed by atoms with Crippen LogP contribution in [-0.2, 0) is 0 Å². The molecule has 0 bridgehead atoms. The van der Waals surface area contributed by atoms with E-state index in [2.05, 4.69) is 17.3 Å². The van der Waals surface area contributed by atoms with E-state index >= 15 is 0 Å². The minimum Gasteiger partial charge on any atom is -0.396 e. The first-order valence-electron chi connectivity index (χ1n) is 8.04. The number of rotatable bonds is 5. The van der Waals surface area contributed by atoms with E-state index in [-0.39, 0.29) is 12.6 Å². The Morgan fingerprint density at radius 3 is 2.68 bits per heavy atom. The molecule has 1 saturated heterocycles. The molecule has 0 atom stereocenters. The van der Waals surface area contributed by atoms with Gasteiger partial charge in [-0.15, -0.1) is 0 Å². The van der Waals surface area contributed by atoms with E-state index in [4.69, 9.17) is 5.11 Å². The van der Waals surface area contributed by atoms with E-state index in [1.807, 2.05) is 36.1 Å². The lowest BCUT2D eigenvalue weighted by Crippen LogP contribution is -2.47. The van der Waals surface area contributed by atoms with Crippen LogP contribution in [0.15, 0.2) is 24.3 Å². The summed E-state index contributed by atoms with van der Waals surface area (Å²) >= 11 is 0. The summed E-state index contributed by atoms with van der Waals surface area (Å²) in [4.78, 5) is 16.5. The third kappa shape index (κ3) is 4.45. The molecular formula is C17H27N3O2. The van der Waals surface area contributed by atoms with Gasteiger partial charge in [0.15, 0.2) is 0 Å². The molecule has 1 heterocycles. The van der Waals surface area contributed by atoms with Crippen LogP contribution in [0, 0.1) is 6.92 Å². The van der Waals surface area contributed by atoms with Crippen LogP contribution < -0.4 is 5.32 Å². The zero-order valence-electron chi connectivity index (χ0n) is 13.6. The fourth-order valence-electron chi connectivity index (χ4n) is 2.92. The first kappa shape index (κ1) is 16.8. The van der Waals surface area contributed by atoms with Crippen LogP contribution in [0.4, 0.5) is 10.5 Å². The number of amides is 2. The zero-order chi connectivity index (χ0) is 15.9. The molecule has 5 heteroatoms. The van der Waals surface area contributed by atoms with Gasteiger partial charge in [0.25, 0.3) is 0 Å². The Kier molecular flexibility index (Phi) is 6.21. The van der Waals surface area contributed by atoms with Crippen molar-refractivity contribution in [2.75, 3.05) is 38.6 Å². The number of nitrogens with one attached hydrogen (secondary N) is 1. The fourth-order valence-corrected chi connectivity index (χ4v) is 2.92. The van der Waals surface area contributed by atoms with Crippen LogP contribution in [0.3, 0.4) is 0 Å². The molecule has 0 spiro atoms. The molecule has 2 N–H and O–H groups in total. The Morgan fingerprint density at radius 1 is 1.36 bits per heavy atom. The summed E-state index contributed by atoms with van der Waals surface area (Å²) in [6.07, 6.45) is 2.79. The minimum absolute atomic E-state index is 0.00855. The lowest BCUT2D eigenvalue weighted by Gasteiger charge is -2.36. The number of likely N-dealkylation sites (tertiary alicyclic amines) is 1. The summed E-state index contributed by atoms with van der Waals surface area (Å²) in [5.74, 6) is 0. The third-order valence-corrected chi connectivity index (χ3v) is 4.43. The van der Waals surface area contributed by atoms with Gasteiger partial charge in [0, 0.05) is 38.0 Å². The molecule has 0 saturated carbocycles. The van der Waals surface area contributed by atoms with Crippen molar-refractivity contribution in [3.63, 3.8) is 0 Å². The van der Waals surface area contributed by atoms with E-state index < -0.39 is 0 Å². The van der Waals surface area contributed by atoms with Gasteiger partial charge in [-0.2, -0.15) is 0 Å². The number of aliphatic hydroxyl groups is 1. The minimum atomic E-state index is -0.00855. The normalized spacial score (nSPS) is 16.1. The van der Waals surface area contributed by atoms with Gasteiger partial charge in [-0.25, -0.2) is 4.79 Å². The van der Waals surface area contributed by atoms with Crippen LogP contribution in [0.25, 0.3) is 0 Å². The van der Waals surface area contributed by atoms with Gasteiger partial charge in [-0.3, -0.25) is 0 Å². The highest BCUT2D eigenvalue weighted by atomic mass is 16.3. The number of benzene rings is 1. The van der Waals surface area contributed by atoms with Crippen LogP contribution >= 0.6 is 0 Å². The smallest absolute Gasteiger partial charge is 0.321 e. The summed E-state index contributed by atoms with van der Waals surface area (Å²) in [5.41, 5.74) is 1.96. The number of carbonyl (C=O) groups excluding carboxylic acids is 1. The molecule has 122 valence electrons. The summed E-state index contributed by atoms with van der Waals surface area (Å²) < 4.78 is 0. The Balaban J connectivity index is 1.81. The molecule has 0 aromatic heterocycles. The number of carbonyl (C=O) groups is 1. The predicted octanol–water partition coefficient (Wildman–Crippen LogP) is 2.31. The quantitative estimate of drug-likeness (QED) is 0.877. The highest BCUT2D eigenvalue weighted by Crippen LogP contribution is 2.18. The number of para-hydroxylation sites is 1. The van der Waals surface area contributed by atoms with Gasteiger partial charge in [0.2, 0.25) is 0 Å². The van der Waals surface area contributed by atoms with Crippen molar-refractivity contribution in [3.8, 4) is 0 Å². The first-order valence-corrected chi connectivity index (χ1v) is 8.04. The van der Waals surface area contributed by atoms with E-state index in [1.54, 1.807) is 0 Å². The van der Waals surface area contributed by atoms with Crippen LogP contribution in [0.5, 0.6) is 0 Å². The SMILES string of the molecule is Cc1ccccc1NC(=O)N1CCC(N(C)CCCO)CC1. The van der Waals surface area contributed by atoms with Crippen molar-refractivity contribution in [3.05, 3.63) is 29.8 Å². The summed E-state index contributed by atoms with van der Waals surface area (Å²) in [6.45, 7) is 4.72. The number of aliphatic hydroxyl groups excluding tert-OH is 1. The molecule has 0 radical (unpaired) electrons. The third-order valence-electron chi connectivity index (χ3n) is 4.43. The van der Waals surface area contributed by atoms with Gasteiger partial charge in [-0.05, 0) is 44.9 Å². The molecule has 5 nitrogen and oxygen atoms in total. The Labute approximate surface area is 132 Å². The summed E-state index contributed by atoms with van der Waals surface area (Å²) in [6, 6.07) is 8.34. The lowest BCUT2D eigenvalue weighted by molar-refractivity contribution is 0.134. The summed E-state index contributed by atoms with van der Waals surface area (Å²) in [5, 5.41) is 11.9. The van der Waals surface area contributed by atoms with Gasteiger partial charge >= 0.3 is 6.03 Å². The van der Waals surface area contributed by atoms with Crippen molar-refractivity contribution in [2.45, 2.75) is 32.2 Å². The van der Waals surface area contributed by atoms with E-state index in [0.29, 0.717) is 6.04 Å². The van der Waals surface area contributed by atoms with Crippen molar-refractivity contribution in [1.29, 1.82) is 0 Å². The molecule has 1 aliphatic rings. The summed E-state index contributed by atoms with van der Waals surface area (Å²) in [7, 11) is 2.10. The standard InChI is InChI=1S/C17H27N3O2/c1-14-6-3-4-7-16(14)18-17(22)20-11-8-15(9-12-20)19(2)10-5-13-21/h3-4,6-7,15,21H,5,8-13H2,1-2H3,(H,18,22). The molecular weight excluding hydrogens is 278 g/mol. The molecule has 1 aromatic carbocycles. The molecule has 2 amide bonds. The largest absolute Gasteiger partial charge is 0.396 e. The Morgan fingerprint density at radius 2 is 2.05 bits per heavy atom. The maximum absolute atomic E-state index is 12.3. The second kappa shape index (κ2) is 8.15. The second-order valence-electron chi connectivity index (χ2n) is 6.02. The number of hydrogen-bond acceptors (Lipinski definition) is 3. The molecule has 1 fully saturated rings. The topological polar surface area (TPSA) is 55.8 Å². The van der Waals surface area contributed by atoms with Crippen LogP contribution in [-0.4, -0.2) is 60.3 Å². The first-order chi connectivity index (χ1) is 10.6. The molecule has 1 aromatic rings. The van der Waals surface area contributed by atoms with Crippen LogP contribution in [0.1, 0.15) is 24.8 Å². The zero-order valence-corrected chi connectivity index (χ0v) is 13.6. The van der Waals surface area contributed by atoms with Gasteiger partial charge < -0.3 is 20.2 Å². The molecule has 0 aliphatic carbocycles. The van der Waals surface area contributed by atoms with Crippen LogP contribution in [0.2, 0.25) is 0 Å². The van der Waals surface area contributed by atoms with Gasteiger partial charge in [0.1, 0.15) is 0 Å². The fraction of sp³-hybridized carbons (Fsp3) is 0.588. The molecule has 22 heavy (non-hydrogen) atoms. The Bertz CT molecular complexity index is 485. The number of anilines is 1. The molecule has 2 rings (SSSR count). The van der Waals surface area contributed by atoms with E-state index in [9.17, 15) is 4.79 Å². The predicted molar refractivity (Wildman–Crippen MR) is 89.1 cm³/mol. The second-order valence-corrected chi connectivity index (χ2v) is 6.02. The lowest BCUT2D eigenvalue weighted by atomic mass is 10.0. The van der Waals surface area contributed by atoms with Crippen molar-refractivity contribution in [1.82, 2.24) is 9.80 Å². The monoisotopic (exact) mass is 305 g/mol. The number of piperidine rings is 1. The van der Waals surface area contributed by atoms with Crippen molar-refractivity contribution >= 4 is 11.7 Å². The van der Waals surface area contributed by atoms with Crippen molar-refractivity contribution < 1.29 is 9.90 Å². The number of aryl methyl sites for hydroxylation is 1. The van der Waals surface area contributed by atoms with Gasteiger partial charge in [0.05, 0.1) is 0 Å². The van der Waals surface area contributed by atoms with Gasteiger partial charge in [-0.1, -0.05) is 18.2 Å². The highest BCUT2D eigenvalue weighted by molar-refractivity contribution is 5.90. The Hall–Kier alpha value is -1.59.